The van der Waals surface area contributed by atoms with Crippen LogP contribution < -0.4 is 0 Å². The highest BCUT2D eigenvalue weighted by Crippen LogP contribution is 2.41. The Kier molecular flexibility index (Phi) is 7.10. The van der Waals surface area contributed by atoms with Gasteiger partial charge in [-0.05, 0) is 53.1 Å². The van der Waals surface area contributed by atoms with Crippen LogP contribution in [0.25, 0.3) is 89.4 Å². The molecule has 52 heavy (non-hydrogen) atoms. The largest absolute Gasteiger partial charge is 0.293 e. The molecule has 0 radical (unpaired) electrons. The van der Waals surface area contributed by atoms with Gasteiger partial charge in [-0.15, -0.1) is 0 Å². The van der Waals surface area contributed by atoms with Gasteiger partial charge in [0.05, 0.1) is 27.9 Å². The topological polar surface area (TPSA) is 35.1 Å². The average Bonchev–Trinajstić information content (AvgIpc) is 3.74. The smallest absolute Gasteiger partial charge is 0.160 e. The fraction of sp³-hybridized carbons (Fsp3) is 0. The molecule has 3 aromatic heterocycles. The van der Waals surface area contributed by atoms with Gasteiger partial charge in [0.2, 0.25) is 0 Å². The van der Waals surface area contributed by atoms with E-state index in [9.17, 15) is 0 Å². The van der Waals surface area contributed by atoms with Gasteiger partial charge in [-0.2, -0.15) is 0 Å². The lowest BCUT2D eigenvalue weighted by Crippen LogP contribution is -1.96. The fourth-order valence-electron chi connectivity index (χ4n) is 7.49. The molecule has 10 aromatic rings. The monoisotopic (exact) mass is 664 g/mol. The predicted octanol–water partition coefficient (Wildman–Crippen LogP) is 12.2. The Morgan fingerprint density at radius 3 is 1.44 bits per heavy atom. The Labute approximate surface area is 301 Å². The number of rotatable bonds is 6. The highest BCUT2D eigenvalue weighted by molar-refractivity contribution is 6.09. The molecule has 0 N–H and O–H groups in total. The van der Waals surface area contributed by atoms with E-state index in [1.807, 2.05) is 24.3 Å². The lowest BCUT2D eigenvalue weighted by molar-refractivity contribution is 1.15. The summed E-state index contributed by atoms with van der Waals surface area (Å²) in [6, 6.07) is 68.4. The van der Waals surface area contributed by atoms with Crippen molar-refractivity contribution < 1.29 is 0 Å². The first-order valence-corrected chi connectivity index (χ1v) is 17.6. The molecule has 0 bridgehead atoms. The van der Waals surface area contributed by atoms with E-state index in [0.717, 1.165) is 45.0 Å². The summed E-state index contributed by atoms with van der Waals surface area (Å²) in [5.41, 5.74) is 15.4. The van der Waals surface area contributed by atoms with Crippen LogP contribution in [-0.4, -0.2) is 18.9 Å². The van der Waals surface area contributed by atoms with Gasteiger partial charge in [0.1, 0.15) is 5.65 Å². The molecule has 4 heteroatoms. The maximum Gasteiger partial charge on any atom is 0.160 e. The summed E-state index contributed by atoms with van der Waals surface area (Å²) in [4.78, 5) is 10.2. The van der Waals surface area contributed by atoms with Gasteiger partial charge in [-0.1, -0.05) is 158 Å². The SMILES string of the molecule is c1ccc(-c2ccc(-c3cc(-c4ccc(-c5c6ccccc6n6c7ccccc7n(-c7ccccc7)c56)cc4)nc(-c4ccccc4)n3)cc2)cc1. The van der Waals surface area contributed by atoms with E-state index in [2.05, 4.69) is 179 Å². The van der Waals surface area contributed by atoms with Crippen molar-refractivity contribution in [3.05, 3.63) is 194 Å². The van der Waals surface area contributed by atoms with E-state index in [1.54, 1.807) is 0 Å². The minimum atomic E-state index is 0.705. The van der Waals surface area contributed by atoms with E-state index < -0.39 is 0 Å². The molecule has 0 atom stereocenters. The molecule has 0 aliphatic carbocycles. The second kappa shape index (κ2) is 12.4. The summed E-state index contributed by atoms with van der Waals surface area (Å²) in [6.45, 7) is 0. The summed E-state index contributed by atoms with van der Waals surface area (Å²) in [5.74, 6) is 0.705. The quantitative estimate of drug-likeness (QED) is 0.177. The van der Waals surface area contributed by atoms with Crippen molar-refractivity contribution in [1.82, 2.24) is 18.9 Å². The molecular formula is C48H32N4. The van der Waals surface area contributed by atoms with Crippen molar-refractivity contribution >= 4 is 27.6 Å². The minimum absolute atomic E-state index is 0.705. The molecule has 0 saturated carbocycles. The molecule has 244 valence electrons. The molecule has 4 nitrogen and oxygen atoms in total. The maximum atomic E-state index is 5.12. The molecule has 0 amide bonds. The van der Waals surface area contributed by atoms with Gasteiger partial charge in [0.25, 0.3) is 0 Å². The number of para-hydroxylation sites is 4. The van der Waals surface area contributed by atoms with Crippen LogP contribution in [0.2, 0.25) is 0 Å². The zero-order valence-corrected chi connectivity index (χ0v) is 28.3. The van der Waals surface area contributed by atoms with E-state index in [-0.39, 0.29) is 0 Å². The molecule has 0 fully saturated rings. The molecule has 0 aliphatic heterocycles. The van der Waals surface area contributed by atoms with Gasteiger partial charge in [0.15, 0.2) is 5.82 Å². The zero-order valence-electron chi connectivity index (χ0n) is 28.3. The van der Waals surface area contributed by atoms with Crippen molar-refractivity contribution in [2.24, 2.45) is 0 Å². The standard InChI is InChI=1S/C48H32N4/c1-4-14-33(15-5-1)34-24-26-35(27-25-34)41-32-42(50-47(49-41)38-16-6-2-7-17-38)36-28-30-37(31-29-36)46-40-20-10-11-21-43(40)52-45-23-13-12-22-44(45)51(48(46)52)39-18-8-3-9-19-39/h1-32H. The first kappa shape index (κ1) is 29.8. The maximum absolute atomic E-state index is 5.12. The third-order valence-corrected chi connectivity index (χ3v) is 9.95. The predicted molar refractivity (Wildman–Crippen MR) is 215 cm³/mol. The number of hydrogen-bond donors (Lipinski definition) is 0. The van der Waals surface area contributed by atoms with Crippen molar-refractivity contribution in [2.75, 3.05) is 0 Å². The molecule has 0 aliphatic rings. The van der Waals surface area contributed by atoms with E-state index in [1.165, 1.54) is 38.6 Å². The summed E-state index contributed by atoms with van der Waals surface area (Å²) < 4.78 is 4.80. The van der Waals surface area contributed by atoms with Crippen molar-refractivity contribution in [1.29, 1.82) is 0 Å². The number of aromatic nitrogens is 4. The van der Waals surface area contributed by atoms with Crippen LogP contribution in [0.4, 0.5) is 0 Å². The third-order valence-electron chi connectivity index (χ3n) is 9.95. The van der Waals surface area contributed by atoms with Gasteiger partial charge >= 0.3 is 0 Å². The molecule has 10 rings (SSSR count). The number of imidazole rings is 1. The third kappa shape index (κ3) is 5.00. The summed E-state index contributed by atoms with van der Waals surface area (Å²) in [6.07, 6.45) is 0. The normalized spacial score (nSPS) is 11.5. The first-order valence-electron chi connectivity index (χ1n) is 17.6. The van der Waals surface area contributed by atoms with Crippen molar-refractivity contribution in [3.8, 4) is 61.8 Å². The van der Waals surface area contributed by atoms with Crippen LogP contribution in [0.5, 0.6) is 0 Å². The number of nitrogens with zero attached hydrogens (tertiary/aromatic N) is 4. The van der Waals surface area contributed by atoms with Crippen LogP contribution >= 0.6 is 0 Å². The number of hydrogen-bond acceptors (Lipinski definition) is 2. The number of fused-ring (bicyclic) bond motifs is 5. The second-order valence-electron chi connectivity index (χ2n) is 13.1. The Morgan fingerprint density at radius 2 is 0.808 bits per heavy atom. The van der Waals surface area contributed by atoms with Crippen LogP contribution in [0.3, 0.4) is 0 Å². The number of benzene rings is 7. The molecule has 0 saturated heterocycles. The van der Waals surface area contributed by atoms with Gasteiger partial charge in [-0.3, -0.25) is 8.97 Å². The Balaban J connectivity index is 1.12. The molecule has 3 heterocycles. The van der Waals surface area contributed by atoms with Crippen molar-refractivity contribution in [2.45, 2.75) is 0 Å². The summed E-state index contributed by atoms with van der Waals surface area (Å²) >= 11 is 0. The van der Waals surface area contributed by atoms with E-state index >= 15 is 0 Å². The Hall–Kier alpha value is -7.04. The van der Waals surface area contributed by atoms with Gasteiger partial charge in [-0.25, -0.2) is 9.97 Å². The van der Waals surface area contributed by atoms with Gasteiger partial charge in [0, 0.05) is 33.3 Å². The fourth-order valence-corrected chi connectivity index (χ4v) is 7.49. The van der Waals surface area contributed by atoms with E-state index in [4.69, 9.17) is 9.97 Å². The van der Waals surface area contributed by atoms with Crippen LogP contribution in [-0.2, 0) is 0 Å². The lowest BCUT2D eigenvalue weighted by Gasteiger charge is -2.11. The Bertz CT molecular complexity index is 2850. The summed E-state index contributed by atoms with van der Waals surface area (Å²) in [5, 5.41) is 1.22. The minimum Gasteiger partial charge on any atom is -0.293 e. The second-order valence-corrected chi connectivity index (χ2v) is 13.1. The molecular weight excluding hydrogens is 633 g/mol. The first-order chi connectivity index (χ1) is 25.8. The van der Waals surface area contributed by atoms with E-state index in [0.29, 0.717) is 5.82 Å². The van der Waals surface area contributed by atoms with Crippen LogP contribution in [0.1, 0.15) is 0 Å². The van der Waals surface area contributed by atoms with Crippen LogP contribution in [0, 0.1) is 0 Å². The Morgan fingerprint density at radius 1 is 0.346 bits per heavy atom. The lowest BCUT2D eigenvalue weighted by atomic mass is 10.00. The van der Waals surface area contributed by atoms with Crippen molar-refractivity contribution in [3.63, 3.8) is 0 Å². The highest BCUT2D eigenvalue weighted by atomic mass is 15.1. The molecule has 0 spiro atoms. The molecule has 7 aromatic carbocycles. The zero-order chi connectivity index (χ0) is 34.4. The molecule has 0 unspecified atom stereocenters. The van der Waals surface area contributed by atoms with Gasteiger partial charge < -0.3 is 0 Å². The van der Waals surface area contributed by atoms with Crippen LogP contribution in [0.15, 0.2) is 194 Å². The highest BCUT2D eigenvalue weighted by Gasteiger charge is 2.22. The summed E-state index contributed by atoms with van der Waals surface area (Å²) in [7, 11) is 0. The average molecular weight is 665 g/mol.